The predicted molar refractivity (Wildman–Crippen MR) is 82.5 cm³/mol. The van der Waals surface area contributed by atoms with Crippen molar-refractivity contribution >= 4 is 17.0 Å². The Morgan fingerprint density at radius 3 is 3.19 bits per heavy atom. The zero-order valence-corrected chi connectivity index (χ0v) is 11.6. The number of nitrogens with zero attached hydrogens (tertiary/aromatic N) is 1. The highest BCUT2D eigenvalue weighted by Gasteiger charge is 2.22. The fraction of sp³-hybridized carbons (Fsp3) is 0.438. The predicted octanol–water partition coefficient (Wildman–Crippen LogP) is 1.92. The zero-order valence-electron chi connectivity index (χ0n) is 21.6. The Kier molecular flexibility index (Phi) is 1.76. The third-order valence-electron chi connectivity index (χ3n) is 2.84. The van der Waals surface area contributed by atoms with Crippen LogP contribution in [0.25, 0.3) is 10.9 Å². The molecule has 0 unspecified atom stereocenters. The van der Waals surface area contributed by atoms with Crippen molar-refractivity contribution in [1.29, 1.82) is 0 Å². The first kappa shape index (κ1) is 6.40. The minimum atomic E-state index is -2.71. The maximum atomic E-state index is 11.5. The zero-order chi connectivity index (χ0) is 23.7. The third-order valence-corrected chi connectivity index (χ3v) is 2.84. The molecule has 5 heteroatoms. The number of carbonyl (C=O) groups is 1. The Balaban J connectivity index is 2.29. The molecule has 0 radical (unpaired) electrons. The molecule has 1 aliphatic heterocycles. The quantitative estimate of drug-likeness (QED) is 0.886. The summed E-state index contributed by atoms with van der Waals surface area (Å²) in [5, 5.41) is 0.0484. The van der Waals surface area contributed by atoms with Crippen molar-refractivity contribution in [2.24, 2.45) is 0 Å². The standard InChI is InChI=1S/C16H21N3O2/c1-19(2)6-5-12-9-17-15-4-3-11(8-14(12)15)7-13-10-21-16(20)18-13/h3-4,8-9,13,17H,5-7,10H2,1-2H3,(H,18,20)/t13-/m0/s1/i3D,4D,5D2,6D2,8D,13D/hD2. The van der Waals surface area contributed by atoms with Gasteiger partial charge in [-0.1, -0.05) is 6.04 Å². The van der Waals surface area contributed by atoms with Gasteiger partial charge in [-0.2, -0.15) is 0 Å². The summed E-state index contributed by atoms with van der Waals surface area (Å²) in [4.78, 5) is 13.2. The van der Waals surface area contributed by atoms with Crippen molar-refractivity contribution in [1.82, 2.24) is 15.2 Å². The van der Waals surface area contributed by atoms with E-state index in [2.05, 4.69) is 0 Å². The number of aromatic amines is 1. The van der Waals surface area contributed by atoms with Crippen molar-refractivity contribution in [3.8, 4) is 0 Å². The van der Waals surface area contributed by atoms with E-state index in [0.717, 1.165) is 11.1 Å². The largest absolute Gasteiger partial charge is 0.447 e. The maximum Gasteiger partial charge on any atom is 0.407 e. The third kappa shape index (κ3) is 3.19. The van der Waals surface area contributed by atoms with Crippen LogP contribution in [0, 0.1) is 0 Å². The second kappa shape index (κ2) is 5.77. The monoisotopic (exact) mass is 297 g/mol. The van der Waals surface area contributed by atoms with Gasteiger partial charge in [-0.05, 0) is 50.1 Å². The number of rotatable bonds is 5. The van der Waals surface area contributed by atoms with Crippen LogP contribution in [-0.2, 0) is 17.5 Å². The van der Waals surface area contributed by atoms with E-state index in [-0.39, 0.29) is 27.3 Å². The second-order valence-corrected chi connectivity index (χ2v) is 4.79. The molecule has 1 aromatic carbocycles. The topological polar surface area (TPSA) is 57.4 Å². The number of benzene rings is 1. The molecular formula is C16H21N3O2. The van der Waals surface area contributed by atoms with Crippen LogP contribution in [0.4, 0.5) is 4.79 Å². The summed E-state index contributed by atoms with van der Waals surface area (Å²) in [6.45, 7) is -3.04. The average Bonchev–Trinajstić information content (AvgIpc) is 3.16. The number of hydrogen-bond acceptors (Lipinski definition) is 3. The van der Waals surface area contributed by atoms with Crippen molar-refractivity contribution in [3.63, 3.8) is 0 Å². The van der Waals surface area contributed by atoms with Crippen LogP contribution in [-0.4, -0.2) is 49.2 Å². The van der Waals surface area contributed by atoms with E-state index in [9.17, 15) is 4.79 Å². The first-order chi connectivity index (χ1) is 14.1. The van der Waals surface area contributed by atoms with Crippen LogP contribution in [0.2, 0.25) is 2.82 Å². The van der Waals surface area contributed by atoms with E-state index in [4.69, 9.17) is 18.5 Å². The molecule has 2 N–H and O–H groups in total. The molecule has 0 aliphatic carbocycles. The van der Waals surface area contributed by atoms with E-state index in [0.29, 0.717) is 4.98 Å². The number of aryl methyl sites for hydroxylation is 1. The van der Waals surface area contributed by atoms with Gasteiger partial charge in [0.1, 0.15) is 6.61 Å². The number of H-pyrrole nitrogens is 1. The van der Waals surface area contributed by atoms with E-state index in [1.54, 1.807) is 0 Å². The molecular weight excluding hydrogens is 266 g/mol. The number of fused-ring (bicyclic) bond motifs is 1. The smallest absolute Gasteiger partial charge is 0.407 e. The molecule has 0 bridgehead atoms. The molecule has 2 heterocycles. The lowest BCUT2D eigenvalue weighted by Gasteiger charge is -2.09. The summed E-state index contributed by atoms with van der Waals surface area (Å²) in [6, 6.07) is -3.42. The van der Waals surface area contributed by atoms with Crippen LogP contribution in [0.5, 0.6) is 0 Å². The van der Waals surface area contributed by atoms with E-state index in [1.165, 1.54) is 14.1 Å². The molecule has 3 rings (SSSR count). The van der Waals surface area contributed by atoms with Gasteiger partial charge in [-0.25, -0.2) is 4.79 Å². The van der Waals surface area contributed by atoms with Crippen molar-refractivity contribution in [2.75, 3.05) is 27.2 Å². The fourth-order valence-corrected chi connectivity index (χ4v) is 1.91. The van der Waals surface area contributed by atoms with Crippen LogP contribution < -0.4 is 5.31 Å². The highest BCUT2D eigenvalue weighted by Crippen LogP contribution is 2.21. The maximum absolute atomic E-state index is 11.5. The number of cyclic esters (lactones) is 1. The van der Waals surface area contributed by atoms with Gasteiger partial charge in [-0.3, -0.25) is 0 Å². The molecule has 112 valence electrons. The lowest BCUT2D eigenvalue weighted by Crippen LogP contribution is -2.28. The highest BCUT2D eigenvalue weighted by molar-refractivity contribution is 5.84. The Morgan fingerprint density at radius 1 is 1.62 bits per heavy atom. The summed E-state index contributed by atoms with van der Waals surface area (Å²) < 4.78 is 87.2. The van der Waals surface area contributed by atoms with Crippen molar-refractivity contribution in [2.45, 2.75) is 18.8 Å². The summed E-state index contributed by atoms with van der Waals surface area (Å²) >= 11 is 0. The number of hydrogen-bond donors (Lipinski definition) is 2. The van der Waals surface area contributed by atoms with Gasteiger partial charge < -0.3 is 19.9 Å². The number of aromatic nitrogens is 1. The van der Waals surface area contributed by atoms with Crippen molar-refractivity contribution < 1.29 is 23.3 Å². The Bertz CT molecular complexity index is 1070. The van der Waals surface area contributed by atoms with E-state index >= 15 is 0 Å². The Labute approximate surface area is 138 Å². The first-order valence-corrected chi connectivity index (χ1v) is 6.34. The summed E-state index contributed by atoms with van der Waals surface area (Å²) in [6.07, 6.45) is -3.31. The number of carbonyl (C=O) groups excluding carboxylic acids is 1. The minimum absolute atomic E-state index is 0.197. The number of amides is 1. The number of alkyl carbamates (subject to hydrolysis) is 1. The van der Waals surface area contributed by atoms with E-state index < -0.39 is 56.1 Å². The van der Waals surface area contributed by atoms with Crippen LogP contribution in [0.3, 0.4) is 0 Å². The van der Waals surface area contributed by atoms with Gasteiger partial charge in [0.2, 0.25) is 0 Å². The molecule has 1 aliphatic rings. The summed E-state index contributed by atoms with van der Waals surface area (Å²) in [5.41, 5.74) is -0.791. The van der Waals surface area contributed by atoms with E-state index in [1.807, 2.05) is 0 Å². The van der Waals surface area contributed by atoms with Gasteiger partial charge in [0, 0.05) is 29.1 Å². The molecule has 2 aromatic rings. The van der Waals surface area contributed by atoms with Crippen molar-refractivity contribution in [3.05, 3.63) is 35.5 Å². The van der Waals surface area contributed by atoms with Gasteiger partial charge in [0.15, 0.2) is 2.82 Å². The fourth-order valence-electron chi connectivity index (χ4n) is 1.91. The molecule has 1 fully saturated rings. The number of likely N-dealkylation sites (N-methyl/N-ethyl adjacent to an activating group) is 1. The lowest BCUT2D eigenvalue weighted by molar-refractivity contribution is 0.177. The summed E-state index contributed by atoms with van der Waals surface area (Å²) in [5.74, 6) is 0. The first-order valence-electron chi connectivity index (χ1n) is 11.2. The second-order valence-electron chi connectivity index (χ2n) is 4.79. The molecule has 21 heavy (non-hydrogen) atoms. The van der Waals surface area contributed by atoms with Crippen LogP contribution in [0.15, 0.2) is 24.3 Å². The molecule has 0 saturated carbocycles. The van der Waals surface area contributed by atoms with Crippen LogP contribution >= 0.6 is 0 Å². The molecule has 0 spiro atoms. The highest BCUT2D eigenvalue weighted by atomic mass is 16.6. The Hall–Kier alpha value is -2.01. The molecule has 5 nitrogen and oxygen atoms in total. The Morgan fingerprint density at radius 2 is 2.48 bits per heavy atom. The normalized spacial score (nSPS) is 30.4. The molecule has 1 atom stereocenters. The molecule has 1 amide bonds. The van der Waals surface area contributed by atoms with Crippen LogP contribution in [0.1, 0.15) is 22.1 Å². The summed E-state index contributed by atoms with van der Waals surface area (Å²) in [7, 11) is 2.68. The number of nitrogens with one attached hydrogen (secondary N) is 2. The van der Waals surface area contributed by atoms with Gasteiger partial charge in [0.25, 0.3) is 0 Å². The van der Waals surface area contributed by atoms with Gasteiger partial charge in [-0.15, -0.1) is 0 Å². The molecule has 1 saturated heterocycles. The average molecular weight is 297 g/mol. The van der Waals surface area contributed by atoms with Gasteiger partial charge in [0.05, 0.1) is 11.5 Å². The molecule has 1 aromatic heterocycles. The lowest BCUT2D eigenvalue weighted by atomic mass is 10.0. The number of ether oxygens (including phenoxy) is 1. The SMILES string of the molecule is [2H]c1c(C[C@@]2([2H])COC(=O)N2[2H])c([2H])c2c(C([2H])([2H])C([2H])([2H])N(C)C)cn([2H])c2c1[2H]. The minimum Gasteiger partial charge on any atom is -0.447 e. The van der Waals surface area contributed by atoms with Gasteiger partial charge >= 0.3 is 6.09 Å².